The molecule has 76 valence electrons. The highest BCUT2D eigenvalue weighted by Crippen LogP contribution is 2.22. The van der Waals surface area contributed by atoms with Crippen molar-refractivity contribution in [2.75, 3.05) is 0 Å². The number of hydrogen-bond donors (Lipinski definition) is 0. The highest BCUT2D eigenvalue weighted by Gasteiger charge is 2.01. The van der Waals surface area contributed by atoms with E-state index in [1.54, 1.807) is 12.1 Å². The van der Waals surface area contributed by atoms with Gasteiger partial charge in [0, 0.05) is 3.57 Å². The molecule has 0 amide bonds. The molecule has 0 saturated heterocycles. The van der Waals surface area contributed by atoms with Gasteiger partial charge in [-0.25, -0.2) is 8.78 Å². The summed E-state index contributed by atoms with van der Waals surface area (Å²) < 4.78 is 26.6. The fourth-order valence-corrected chi connectivity index (χ4v) is 2.00. The fourth-order valence-electron chi connectivity index (χ4n) is 1.36. The first-order valence-electron chi connectivity index (χ1n) is 4.37. The van der Waals surface area contributed by atoms with Gasteiger partial charge in [-0.1, -0.05) is 12.1 Å². The standard InChI is InChI=1S/C12H7F2I/c13-10-3-1-8(2-4-10)9-5-11(14)7-12(15)6-9/h1-7H. The van der Waals surface area contributed by atoms with E-state index in [9.17, 15) is 8.78 Å². The molecule has 3 heteroatoms. The molecule has 0 heterocycles. The molecule has 0 fully saturated rings. The quantitative estimate of drug-likeness (QED) is 0.691. The molecular weight excluding hydrogens is 309 g/mol. The predicted octanol–water partition coefficient (Wildman–Crippen LogP) is 4.24. The lowest BCUT2D eigenvalue weighted by Gasteiger charge is -2.02. The van der Waals surface area contributed by atoms with Crippen molar-refractivity contribution < 1.29 is 8.78 Å². The Hall–Kier alpha value is -0.970. The molecular formula is C12H7F2I. The Bertz CT molecular complexity index is 457. The molecule has 0 unspecified atom stereocenters. The van der Waals surface area contributed by atoms with Crippen molar-refractivity contribution in [1.82, 2.24) is 0 Å². The average molecular weight is 316 g/mol. The monoisotopic (exact) mass is 316 g/mol. The van der Waals surface area contributed by atoms with Gasteiger partial charge >= 0.3 is 0 Å². The first-order chi connectivity index (χ1) is 7.15. The average Bonchev–Trinajstić information content (AvgIpc) is 2.17. The molecule has 0 aliphatic carbocycles. The molecule has 0 saturated carbocycles. The Morgan fingerprint density at radius 2 is 1.40 bits per heavy atom. The molecule has 0 aliphatic heterocycles. The smallest absolute Gasteiger partial charge is 0.124 e. The SMILES string of the molecule is Fc1ccc(-c2cc(F)cc(I)c2)cc1. The summed E-state index contributed by atoms with van der Waals surface area (Å²) in [5.41, 5.74) is 1.58. The number of hydrogen-bond acceptors (Lipinski definition) is 0. The molecule has 0 nitrogen and oxygen atoms in total. The van der Waals surface area contributed by atoms with Crippen LogP contribution in [0.5, 0.6) is 0 Å². The van der Waals surface area contributed by atoms with Gasteiger partial charge in [-0.15, -0.1) is 0 Å². The second-order valence-corrected chi connectivity index (χ2v) is 4.41. The van der Waals surface area contributed by atoms with Gasteiger partial charge in [0.2, 0.25) is 0 Å². The molecule has 0 bridgehead atoms. The van der Waals surface area contributed by atoms with Crippen LogP contribution in [0, 0.1) is 15.2 Å². The van der Waals surface area contributed by atoms with Gasteiger partial charge in [0.1, 0.15) is 11.6 Å². The maximum atomic E-state index is 13.1. The number of benzene rings is 2. The first kappa shape index (κ1) is 10.5. The van der Waals surface area contributed by atoms with E-state index in [1.807, 2.05) is 6.07 Å². The minimum Gasteiger partial charge on any atom is -0.207 e. The number of rotatable bonds is 1. The van der Waals surface area contributed by atoms with Crippen molar-refractivity contribution in [3.05, 3.63) is 57.7 Å². The Balaban J connectivity index is 2.49. The van der Waals surface area contributed by atoms with E-state index in [4.69, 9.17) is 0 Å². The highest BCUT2D eigenvalue weighted by molar-refractivity contribution is 14.1. The Morgan fingerprint density at radius 1 is 0.733 bits per heavy atom. The topological polar surface area (TPSA) is 0 Å². The van der Waals surface area contributed by atoms with E-state index in [2.05, 4.69) is 22.6 Å². The van der Waals surface area contributed by atoms with Gasteiger partial charge in [-0.2, -0.15) is 0 Å². The van der Waals surface area contributed by atoms with Crippen LogP contribution in [0.25, 0.3) is 11.1 Å². The third-order valence-electron chi connectivity index (χ3n) is 2.04. The summed E-state index contributed by atoms with van der Waals surface area (Å²) >= 11 is 2.05. The lowest BCUT2D eigenvalue weighted by Crippen LogP contribution is -1.83. The third kappa shape index (κ3) is 2.53. The van der Waals surface area contributed by atoms with Crippen molar-refractivity contribution in [1.29, 1.82) is 0 Å². The lowest BCUT2D eigenvalue weighted by molar-refractivity contribution is 0.627. The summed E-state index contributed by atoms with van der Waals surface area (Å²) in [7, 11) is 0. The summed E-state index contributed by atoms with van der Waals surface area (Å²) in [5.74, 6) is -0.564. The van der Waals surface area contributed by atoms with Crippen LogP contribution >= 0.6 is 22.6 Å². The van der Waals surface area contributed by atoms with Gasteiger partial charge < -0.3 is 0 Å². The van der Waals surface area contributed by atoms with Crippen LogP contribution in [0.4, 0.5) is 8.78 Å². The van der Waals surface area contributed by atoms with Crippen molar-refractivity contribution >= 4 is 22.6 Å². The van der Waals surface area contributed by atoms with Crippen LogP contribution in [0.15, 0.2) is 42.5 Å². The van der Waals surface area contributed by atoms with E-state index < -0.39 is 0 Å². The van der Waals surface area contributed by atoms with Crippen molar-refractivity contribution in [2.45, 2.75) is 0 Å². The van der Waals surface area contributed by atoms with Crippen molar-refractivity contribution in [2.24, 2.45) is 0 Å². The molecule has 0 spiro atoms. The first-order valence-corrected chi connectivity index (χ1v) is 5.45. The van der Waals surface area contributed by atoms with E-state index in [0.717, 1.165) is 14.7 Å². The molecule has 2 aromatic rings. The highest BCUT2D eigenvalue weighted by atomic mass is 127. The summed E-state index contributed by atoms with van der Waals surface area (Å²) in [6.45, 7) is 0. The molecule has 0 aromatic heterocycles. The zero-order valence-corrected chi connectivity index (χ0v) is 9.83. The van der Waals surface area contributed by atoms with Gasteiger partial charge in [0.15, 0.2) is 0 Å². The maximum Gasteiger partial charge on any atom is 0.124 e. The minimum atomic E-state index is -0.287. The second kappa shape index (κ2) is 4.26. The van der Waals surface area contributed by atoms with Gasteiger partial charge in [-0.3, -0.25) is 0 Å². The number of halogens is 3. The summed E-state index contributed by atoms with van der Waals surface area (Å²) in [4.78, 5) is 0. The van der Waals surface area contributed by atoms with E-state index in [1.165, 1.54) is 24.3 Å². The minimum absolute atomic E-state index is 0.277. The van der Waals surface area contributed by atoms with E-state index >= 15 is 0 Å². The maximum absolute atomic E-state index is 13.1. The summed E-state index contributed by atoms with van der Waals surface area (Å²) in [5, 5.41) is 0. The van der Waals surface area contributed by atoms with Crippen LogP contribution < -0.4 is 0 Å². The van der Waals surface area contributed by atoms with E-state index in [-0.39, 0.29) is 11.6 Å². The molecule has 0 aliphatic rings. The molecule has 15 heavy (non-hydrogen) atoms. The fraction of sp³-hybridized carbons (Fsp3) is 0. The van der Waals surface area contributed by atoms with Crippen LogP contribution in [0.3, 0.4) is 0 Å². The Labute approximate surface area is 100 Å². The van der Waals surface area contributed by atoms with Crippen LogP contribution in [0.2, 0.25) is 0 Å². The Morgan fingerprint density at radius 3 is 2.00 bits per heavy atom. The van der Waals surface area contributed by atoms with Gasteiger partial charge in [0.25, 0.3) is 0 Å². The largest absolute Gasteiger partial charge is 0.207 e. The van der Waals surface area contributed by atoms with Crippen LogP contribution in [0.1, 0.15) is 0 Å². The van der Waals surface area contributed by atoms with Crippen LogP contribution in [-0.2, 0) is 0 Å². The lowest BCUT2D eigenvalue weighted by atomic mass is 10.1. The van der Waals surface area contributed by atoms with Crippen LogP contribution in [-0.4, -0.2) is 0 Å². The van der Waals surface area contributed by atoms with Crippen molar-refractivity contribution in [3.8, 4) is 11.1 Å². The Kier molecular flexibility index (Phi) is 3.00. The van der Waals surface area contributed by atoms with Crippen molar-refractivity contribution in [3.63, 3.8) is 0 Å². The van der Waals surface area contributed by atoms with Gasteiger partial charge in [-0.05, 0) is 64.0 Å². The molecule has 2 aromatic carbocycles. The third-order valence-corrected chi connectivity index (χ3v) is 2.66. The van der Waals surface area contributed by atoms with E-state index in [0.29, 0.717) is 0 Å². The molecule has 2 rings (SSSR count). The van der Waals surface area contributed by atoms with Gasteiger partial charge in [0.05, 0.1) is 0 Å². The zero-order chi connectivity index (χ0) is 10.8. The summed E-state index contributed by atoms with van der Waals surface area (Å²) in [6.07, 6.45) is 0. The molecule has 0 N–H and O–H groups in total. The normalized spacial score (nSPS) is 10.3. The molecule has 0 radical (unpaired) electrons. The zero-order valence-electron chi connectivity index (χ0n) is 7.68. The summed E-state index contributed by atoms with van der Waals surface area (Å²) in [6, 6.07) is 10.8. The molecule has 0 atom stereocenters. The predicted molar refractivity (Wildman–Crippen MR) is 64.5 cm³/mol. The second-order valence-electron chi connectivity index (χ2n) is 3.17.